The molecule has 2 heteroatoms. The summed E-state index contributed by atoms with van der Waals surface area (Å²) in [7, 11) is 0.663. The number of rotatable bonds is 35. The molecule has 0 fully saturated rings. The highest BCUT2D eigenvalue weighted by atomic mass is 31.1. The van der Waals surface area contributed by atoms with Crippen molar-refractivity contribution >= 4 is 15.8 Å². The second-order valence-corrected chi connectivity index (χ2v) is 18.5. The molecule has 0 aliphatic carbocycles. The van der Waals surface area contributed by atoms with Crippen molar-refractivity contribution in [3.8, 4) is 0 Å². The molecule has 0 saturated carbocycles. The molecule has 0 saturated heterocycles. The normalized spacial score (nSPS) is 11.8. The van der Waals surface area contributed by atoms with Crippen molar-refractivity contribution in [2.24, 2.45) is 0 Å². The van der Waals surface area contributed by atoms with Crippen LogP contribution in [0.1, 0.15) is 207 Å². The van der Waals surface area contributed by atoms with Gasteiger partial charge in [0.05, 0.1) is 0 Å². The average Bonchev–Trinajstić information content (AvgIpc) is 2.96. The van der Waals surface area contributed by atoms with E-state index in [0.717, 1.165) is 0 Å². The molecule has 0 aromatic rings. The first-order valence-corrected chi connectivity index (χ1v) is 23.0. The summed E-state index contributed by atoms with van der Waals surface area (Å²) < 4.78 is 0. The van der Waals surface area contributed by atoms with Crippen LogP contribution in [0, 0.1) is 0 Å². The van der Waals surface area contributed by atoms with E-state index < -0.39 is 0 Å². The Hall–Kier alpha value is 0.860. The van der Waals surface area contributed by atoms with E-state index in [1.54, 1.807) is 49.8 Å². The zero-order valence-electron chi connectivity index (χ0n) is 28.9. The summed E-state index contributed by atoms with van der Waals surface area (Å²) in [5.41, 5.74) is 0. The minimum atomic E-state index is 0.332. The van der Waals surface area contributed by atoms with Gasteiger partial charge < -0.3 is 0 Å². The lowest BCUT2D eigenvalue weighted by Gasteiger charge is -2.19. The Bertz CT molecular complexity index is 365. The van der Waals surface area contributed by atoms with Crippen molar-refractivity contribution in [1.82, 2.24) is 0 Å². The monoisotopic (exact) mass is 599 g/mol. The van der Waals surface area contributed by atoms with Crippen LogP contribution in [0.5, 0.6) is 0 Å². The standard InChI is InChI=1S/C38H80P2/c1-5-9-13-17-21-27-33-39(34-28-22-18-14-10-6-2)37-31-25-26-32-38-40(35-29-23-19-15-11-7-3)36-30-24-20-16-12-8-4/h5-38H2,1-4H3. The van der Waals surface area contributed by atoms with Crippen LogP contribution >= 0.6 is 15.8 Å². The second kappa shape index (κ2) is 36.1. The fourth-order valence-corrected chi connectivity index (χ4v) is 11.5. The van der Waals surface area contributed by atoms with E-state index >= 15 is 0 Å². The van der Waals surface area contributed by atoms with Crippen LogP contribution < -0.4 is 0 Å². The van der Waals surface area contributed by atoms with Crippen molar-refractivity contribution in [2.45, 2.75) is 207 Å². The van der Waals surface area contributed by atoms with Gasteiger partial charge in [-0.15, -0.1) is 15.8 Å². The van der Waals surface area contributed by atoms with Crippen molar-refractivity contribution in [3.05, 3.63) is 0 Å². The lowest BCUT2D eigenvalue weighted by atomic mass is 10.1. The van der Waals surface area contributed by atoms with E-state index in [1.165, 1.54) is 167 Å². The molecule has 0 bridgehead atoms. The molecule has 40 heavy (non-hydrogen) atoms. The van der Waals surface area contributed by atoms with Crippen LogP contribution in [0.2, 0.25) is 0 Å². The molecule has 0 heterocycles. The van der Waals surface area contributed by atoms with Crippen molar-refractivity contribution in [3.63, 3.8) is 0 Å². The molecule has 0 amide bonds. The maximum Gasteiger partial charge on any atom is -0.0326 e. The fourth-order valence-electron chi connectivity index (χ4n) is 6.16. The second-order valence-electron chi connectivity index (χ2n) is 13.2. The first kappa shape index (κ1) is 40.9. The van der Waals surface area contributed by atoms with Gasteiger partial charge in [0.2, 0.25) is 0 Å². The third kappa shape index (κ3) is 31.8. The molecule has 0 unspecified atom stereocenters. The van der Waals surface area contributed by atoms with Gasteiger partial charge in [-0.1, -0.05) is 169 Å². The zero-order valence-corrected chi connectivity index (χ0v) is 30.7. The molecule has 0 aliphatic heterocycles. The third-order valence-corrected chi connectivity index (χ3v) is 14.7. The highest BCUT2D eigenvalue weighted by Gasteiger charge is 2.10. The summed E-state index contributed by atoms with van der Waals surface area (Å²) in [4.78, 5) is 0. The largest absolute Gasteiger partial charge is 0.107 e. The molecule has 0 N–H and O–H groups in total. The Morgan fingerprint density at radius 3 is 0.525 bits per heavy atom. The van der Waals surface area contributed by atoms with Crippen LogP contribution in [0.3, 0.4) is 0 Å². The van der Waals surface area contributed by atoms with E-state index in [2.05, 4.69) is 27.7 Å². The minimum Gasteiger partial charge on any atom is -0.107 e. The van der Waals surface area contributed by atoms with E-state index in [1.807, 2.05) is 0 Å². The van der Waals surface area contributed by atoms with Gasteiger partial charge in [0.25, 0.3) is 0 Å². The number of unbranched alkanes of at least 4 members (excludes halogenated alkanes) is 23. The van der Waals surface area contributed by atoms with Gasteiger partial charge in [0.1, 0.15) is 0 Å². The van der Waals surface area contributed by atoms with Crippen LogP contribution in [0.4, 0.5) is 0 Å². The first-order valence-electron chi connectivity index (χ1n) is 19.2. The molecule has 0 nitrogen and oxygen atoms in total. The Balaban J connectivity index is 4.23. The van der Waals surface area contributed by atoms with Crippen LogP contribution in [0.25, 0.3) is 0 Å². The SMILES string of the molecule is CCCCCCCCP(CCCCCCCC)CCCCCCP(CCCCCCCC)CCCCCCCC. The molecule has 0 rings (SSSR count). The average molecular weight is 599 g/mol. The van der Waals surface area contributed by atoms with Crippen molar-refractivity contribution in [1.29, 1.82) is 0 Å². The highest BCUT2D eigenvalue weighted by molar-refractivity contribution is 7.57. The van der Waals surface area contributed by atoms with Gasteiger partial charge in [-0.3, -0.25) is 0 Å². The fraction of sp³-hybridized carbons (Fsp3) is 1.00. The quantitative estimate of drug-likeness (QED) is 0.0503. The molecule has 0 aromatic carbocycles. The Kier molecular flexibility index (Phi) is 36.8. The summed E-state index contributed by atoms with van der Waals surface area (Å²) in [5, 5.41) is 0. The van der Waals surface area contributed by atoms with Gasteiger partial charge in [-0.05, 0) is 75.5 Å². The molecule has 242 valence electrons. The van der Waals surface area contributed by atoms with Crippen LogP contribution in [-0.2, 0) is 0 Å². The van der Waals surface area contributed by atoms with E-state index in [0.29, 0.717) is 15.8 Å². The molecule has 0 radical (unpaired) electrons. The van der Waals surface area contributed by atoms with Crippen LogP contribution in [0.15, 0.2) is 0 Å². The molecule has 0 spiro atoms. The molecule has 0 aromatic heterocycles. The van der Waals surface area contributed by atoms with Crippen LogP contribution in [-0.4, -0.2) is 37.0 Å². The minimum absolute atomic E-state index is 0.332. The predicted octanol–water partition coefficient (Wildman–Crippen LogP) is 15.0. The van der Waals surface area contributed by atoms with Gasteiger partial charge >= 0.3 is 0 Å². The molecular formula is C38H80P2. The van der Waals surface area contributed by atoms with Crippen molar-refractivity contribution in [2.75, 3.05) is 37.0 Å². The maximum absolute atomic E-state index is 2.34. The molecule has 0 atom stereocenters. The summed E-state index contributed by atoms with van der Waals surface area (Å²) in [5.74, 6) is 0. The summed E-state index contributed by atoms with van der Waals surface area (Å²) in [6.45, 7) is 9.36. The number of hydrogen-bond donors (Lipinski definition) is 0. The summed E-state index contributed by atoms with van der Waals surface area (Å²) in [6, 6.07) is 0. The lowest BCUT2D eigenvalue weighted by Crippen LogP contribution is -1.99. The highest BCUT2D eigenvalue weighted by Crippen LogP contribution is 2.41. The van der Waals surface area contributed by atoms with Gasteiger partial charge in [0.15, 0.2) is 0 Å². The van der Waals surface area contributed by atoms with Gasteiger partial charge in [-0.2, -0.15) is 0 Å². The summed E-state index contributed by atoms with van der Waals surface area (Å²) in [6.07, 6.45) is 51.1. The van der Waals surface area contributed by atoms with Crippen molar-refractivity contribution < 1.29 is 0 Å². The third-order valence-electron chi connectivity index (χ3n) is 9.01. The lowest BCUT2D eigenvalue weighted by molar-refractivity contribution is 0.620. The number of hydrogen-bond acceptors (Lipinski definition) is 0. The van der Waals surface area contributed by atoms with E-state index in [9.17, 15) is 0 Å². The first-order chi connectivity index (χ1) is 19.8. The summed E-state index contributed by atoms with van der Waals surface area (Å²) >= 11 is 0. The van der Waals surface area contributed by atoms with E-state index in [4.69, 9.17) is 0 Å². The Morgan fingerprint density at radius 2 is 0.350 bits per heavy atom. The molecular weight excluding hydrogens is 518 g/mol. The topological polar surface area (TPSA) is 0 Å². The molecule has 0 aliphatic rings. The van der Waals surface area contributed by atoms with Gasteiger partial charge in [0, 0.05) is 0 Å². The smallest absolute Gasteiger partial charge is 0.0326 e. The van der Waals surface area contributed by atoms with E-state index in [-0.39, 0.29) is 0 Å². The predicted molar refractivity (Wildman–Crippen MR) is 195 cm³/mol. The Labute approximate surface area is 259 Å². The Morgan fingerprint density at radius 1 is 0.200 bits per heavy atom. The van der Waals surface area contributed by atoms with Gasteiger partial charge in [-0.25, -0.2) is 0 Å². The maximum atomic E-state index is 2.34. The zero-order chi connectivity index (χ0) is 29.2.